The second kappa shape index (κ2) is 4.36. The first kappa shape index (κ1) is 9.40. The summed E-state index contributed by atoms with van der Waals surface area (Å²) in [5.41, 5.74) is 0.721. The average Bonchev–Trinajstić information content (AvgIpc) is 2.80. The molecule has 0 spiro atoms. The van der Waals surface area contributed by atoms with Crippen molar-refractivity contribution in [3.63, 3.8) is 0 Å². The summed E-state index contributed by atoms with van der Waals surface area (Å²) < 4.78 is 0. The van der Waals surface area contributed by atoms with Crippen LogP contribution in [0, 0.1) is 5.41 Å². The van der Waals surface area contributed by atoms with E-state index in [2.05, 4.69) is 18.5 Å². The van der Waals surface area contributed by atoms with Crippen LogP contribution in [0.15, 0.2) is 0 Å². The molecule has 0 unspecified atom stereocenters. The summed E-state index contributed by atoms with van der Waals surface area (Å²) >= 11 is 1.92. The zero-order chi connectivity index (χ0) is 8.16. The number of hydrogen-bond acceptors (Lipinski definition) is 2. The summed E-state index contributed by atoms with van der Waals surface area (Å²) in [5, 5.41) is 3.52. The summed E-state index contributed by atoms with van der Waals surface area (Å²) in [5.74, 6) is 1.25. The van der Waals surface area contributed by atoms with Gasteiger partial charge in [-0.05, 0) is 30.9 Å². The highest BCUT2D eigenvalue weighted by atomic mass is 32.2. The molecule has 66 valence electrons. The van der Waals surface area contributed by atoms with E-state index >= 15 is 0 Å². The molecular formula is C9H19NS. The first-order valence-corrected chi connectivity index (χ1v) is 5.92. The maximum absolute atomic E-state index is 3.52. The number of hydrogen-bond donors (Lipinski definition) is 1. The first-order valence-electron chi connectivity index (χ1n) is 4.53. The molecule has 1 aliphatic carbocycles. The lowest BCUT2D eigenvalue weighted by Crippen LogP contribution is -2.25. The molecular weight excluding hydrogens is 154 g/mol. The van der Waals surface area contributed by atoms with Crippen LogP contribution in [0.2, 0.25) is 0 Å². The summed E-state index contributed by atoms with van der Waals surface area (Å²) in [6.07, 6.45) is 6.43. The SMILES string of the molecule is CCC1(CNCCSC)CC1. The van der Waals surface area contributed by atoms with Crippen molar-refractivity contribution in [3.05, 3.63) is 0 Å². The highest BCUT2D eigenvalue weighted by molar-refractivity contribution is 7.98. The molecule has 0 amide bonds. The van der Waals surface area contributed by atoms with Crippen molar-refractivity contribution in [1.82, 2.24) is 5.32 Å². The highest BCUT2D eigenvalue weighted by Gasteiger charge is 2.39. The zero-order valence-electron chi connectivity index (χ0n) is 7.65. The van der Waals surface area contributed by atoms with Crippen LogP contribution in [0.3, 0.4) is 0 Å². The fourth-order valence-electron chi connectivity index (χ4n) is 1.36. The molecule has 1 aliphatic rings. The molecule has 2 heteroatoms. The van der Waals surface area contributed by atoms with Gasteiger partial charge in [0.1, 0.15) is 0 Å². The Morgan fingerprint density at radius 2 is 2.18 bits per heavy atom. The Labute approximate surface area is 74.3 Å². The van der Waals surface area contributed by atoms with Gasteiger partial charge in [-0.1, -0.05) is 6.92 Å². The van der Waals surface area contributed by atoms with E-state index in [9.17, 15) is 0 Å². The zero-order valence-corrected chi connectivity index (χ0v) is 8.47. The lowest BCUT2D eigenvalue weighted by atomic mass is 10.0. The lowest BCUT2D eigenvalue weighted by molar-refractivity contribution is 0.452. The van der Waals surface area contributed by atoms with E-state index in [0.29, 0.717) is 0 Å². The fraction of sp³-hybridized carbons (Fsp3) is 1.00. The molecule has 11 heavy (non-hydrogen) atoms. The van der Waals surface area contributed by atoms with Gasteiger partial charge in [0.05, 0.1) is 0 Å². The van der Waals surface area contributed by atoms with E-state index in [-0.39, 0.29) is 0 Å². The number of nitrogens with one attached hydrogen (secondary N) is 1. The third kappa shape index (κ3) is 3.04. The Kier molecular flexibility index (Phi) is 3.73. The van der Waals surface area contributed by atoms with Crippen LogP contribution in [0.4, 0.5) is 0 Å². The third-order valence-electron chi connectivity index (χ3n) is 2.69. The Bertz CT molecular complexity index is 110. The van der Waals surface area contributed by atoms with Crippen molar-refractivity contribution in [2.75, 3.05) is 25.1 Å². The molecule has 0 heterocycles. The van der Waals surface area contributed by atoms with Crippen LogP contribution >= 0.6 is 11.8 Å². The van der Waals surface area contributed by atoms with Crippen LogP contribution in [0.5, 0.6) is 0 Å². The molecule has 1 fully saturated rings. The van der Waals surface area contributed by atoms with Gasteiger partial charge in [-0.2, -0.15) is 11.8 Å². The van der Waals surface area contributed by atoms with Gasteiger partial charge in [0, 0.05) is 18.8 Å². The average molecular weight is 173 g/mol. The third-order valence-corrected chi connectivity index (χ3v) is 3.30. The minimum atomic E-state index is 0.721. The van der Waals surface area contributed by atoms with Crippen LogP contribution in [-0.4, -0.2) is 25.1 Å². The molecule has 1 N–H and O–H groups in total. The molecule has 0 radical (unpaired) electrons. The van der Waals surface area contributed by atoms with Crippen molar-refractivity contribution < 1.29 is 0 Å². The molecule has 1 nitrogen and oxygen atoms in total. The molecule has 0 atom stereocenters. The summed E-state index contributed by atoms with van der Waals surface area (Å²) in [6, 6.07) is 0. The van der Waals surface area contributed by atoms with Crippen molar-refractivity contribution >= 4 is 11.8 Å². The molecule has 0 aromatic rings. The van der Waals surface area contributed by atoms with Crippen molar-refractivity contribution in [3.8, 4) is 0 Å². The molecule has 0 bridgehead atoms. The fourth-order valence-corrected chi connectivity index (χ4v) is 1.71. The van der Waals surface area contributed by atoms with Gasteiger partial charge in [0.25, 0.3) is 0 Å². The largest absolute Gasteiger partial charge is 0.315 e. The topological polar surface area (TPSA) is 12.0 Å². The predicted molar refractivity (Wildman–Crippen MR) is 53.2 cm³/mol. The van der Waals surface area contributed by atoms with Crippen molar-refractivity contribution in [2.45, 2.75) is 26.2 Å². The Hall–Kier alpha value is 0.310. The predicted octanol–water partition coefficient (Wildman–Crippen LogP) is 2.13. The maximum Gasteiger partial charge on any atom is 0.00553 e. The normalized spacial score (nSPS) is 20.2. The van der Waals surface area contributed by atoms with E-state index in [1.807, 2.05) is 11.8 Å². The molecule has 0 aromatic heterocycles. The standard InChI is InChI=1S/C9H19NS/c1-3-9(4-5-9)8-10-6-7-11-2/h10H,3-8H2,1-2H3. The number of thioether (sulfide) groups is 1. The van der Waals surface area contributed by atoms with E-state index in [0.717, 1.165) is 5.41 Å². The van der Waals surface area contributed by atoms with E-state index < -0.39 is 0 Å². The second-order valence-corrected chi connectivity index (χ2v) is 4.51. The molecule has 0 aromatic carbocycles. The van der Waals surface area contributed by atoms with Crippen LogP contribution in [0.1, 0.15) is 26.2 Å². The maximum atomic E-state index is 3.52. The summed E-state index contributed by atoms with van der Waals surface area (Å²) in [7, 11) is 0. The first-order chi connectivity index (χ1) is 5.33. The van der Waals surface area contributed by atoms with Crippen molar-refractivity contribution in [2.24, 2.45) is 5.41 Å². The highest BCUT2D eigenvalue weighted by Crippen LogP contribution is 2.47. The van der Waals surface area contributed by atoms with Gasteiger partial charge in [0.2, 0.25) is 0 Å². The summed E-state index contributed by atoms with van der Waals surface area (Å²) in [4.78, 5) is 0. The van der Waals surface area contributed by atoms with Gasteiger partial charge in [-0.15, -0.1) is 0 Å². The van der Waals surface area contributed by atoms with Gasteiger partial charge < -0.3 is 5.32 Å². The molecule has 1 saturated carbocycles. The Balaban J connectivity index is 1.94. The minimum Gasteiger partial charge on any atom is -0.315 e. The van der Waals surface area contributed by atoms with E-state index in [1.54, 1.807) is 0 Å². The van der Waals surface area contributed by atoms with Crippen LogP contribution < -0.4 is 5.32 Å². The Morgan fingerprint density at radius 1 is 1.45 bits per heavy atom. The Morgan fingerprint density at radius 3 is 2.64 bits per heavy atom. The summed E-state index contributed by atoms with van der Waals surface area (Å²) in [6.45, 7) is 4.75. The van der Waals surface area contributed by atoms with Crippen molar-refractivity contribution in [1.29, 1.82) is 0 Å². The van der Waals surface area contributed by atoms with Crippen LogP contribution in [-0.2, 0) is 0 Å². The number of rotatable bonds is 6. The monoisotopic (exact) mass is 173 g/mol. The van der Waals surface area contributed by atoms with E-state index in [1.165, 1.54) is 38.1 Å². The second-order valence-electron chi connectivity index (χ2n) is 3.52. The van der Waals surface area contributed by atoms with Gasteiger partial charge in [-0.25, -0.2) is 0 Å². The van der Waals surface area contributed by atoms with Gasteiger partial charge >= 0.3 is 0 Å². The van der Waals surface area contributed by atoms with Gasteiger partial charge in [-0.3, -0.25) is 0 Å². The lowest BCUT2D eigenvalue weighted by Gasteiger charge is -2.12. The smallest absolute Gasteiger partial charge is 0.00553 e. The molecule has 0 aliphatic heterocycles. The quantitative estimate of drug-likeness (QED) is 0.618. The van der Waals surface area contributed by atoms with Crippen LogP contribution in [0.25, 0.3) is 0 Å². The molecule has 1 rings (SSSR count). The molecule has 0 saturated heterocycles. The van der Waals surface area contributed by atoms with E-state index in [4.69, 9.17) is 0 Å². The minimum absolute atomic E-state index is 0.721. The van der Waals surface area contributed by atoms with Gasteiger partial charge in [0.15, 0.2) is 0 Å².